The van der Waals surface area contributed by atoms with Crippen LogP contribution in [0.4, 0.5) is 0 Å². The summed E-state index contributed by atoms with van der Waals surface area (Å²) >= 11 is 0. The molecule has 0 aromatic carbocycles. The molecule has 0 aromatic rings. The molecule has 0 heterocycles. The number of nitrogens with one attached hydrogen (secondary N) is 12. The van der Waals surface area contributed by atoms with Gasteiger partial charge in [-0.15, -0.1) is 0 Å². The van der Waals surface area contributed by atoms with Crippen LogP contribution in [0.3, 0.4) is 0 Å². The Kier molecular flexibility index (Phi) is 82.3. The maximum atomic E-state index is 14.0. The van der Waals surface area contributed by atoms with Gasteiger partial charge < -0.3 is 149 Å². The van der Waals surface area contributed by atoms with Crippen molar-refractivity contribution < 1.29 is 62.3 Å². The molecule has 130 heavy (non-hydrogen) atoms. The molecule has 0 rings (SSSR count). The zero-order valence-corrected chi connectivity index (χ0v) is 79.6. The zero-order valence-electron chi connectivity index (χ0n) is 79.6. The molecule has 0 unspecified atom stereocenters. The van der Waals surface area contributed by atoms with Crippen molar-refractivity contribution in [3.05, 3.63) is 11.9 Å². The van der Waals surface area contributed by atoms with E-state index < -0.39 is 0 Å². The SMILES string of the molecule is CCCCCCCCCCCCCCCCCCN(N)/C=C(\N)CN(CCC(=O)NCCN(CCC(=O)NCCN(CCC=O)CCC(=O)NCCN)CCC(=O)NCCN(CCC(=O)NCCN)CCC(=O)NCCN)CCC(=O)NCCN(CCC(=O)NCCN(CCCCN)CCC(=O)NCCN)CCC(=O)NCCN(CCC(=O)NCCN)CCC(=O)NCCN. The van der Waals surface area contributed by atoms with E-state index in [-0.39, 0.29) is 272 Å². The quantitative estimate of drug-likeness (QED) is 0.0118. The van der Waals surface area contributed by atoms with Gasteiger partial charge in [-0.2, -0.15) is 0 Å². The molecule has 0 aromatic heterocycles. The summed E-state index contributed by atoms with van der Waals surface area (Å²) in [6, 6.07) is 0. The highest BCUT2D eigenvalue weighted by Gasteiger charge is 2.21. The van der Waals surface area contributed by atoms with Gasteiger partial charge in [0.2, 0.25) is 70.9 Å². The van der Waals surface area contributed by atoms with Gasteiger partial charge >= 0.3 is 0 Å². The molecular formula is C88H179N29O13. The molecule has 42 nitrogen and oxygen atoms in total. The van der Waals surface area contributed by atoms with Crippen LogP contribution in [0.15, 0.2) is 11.9 Å². The first-order valence-electron chi connectivity index (χ1n) is 48.5. The number of hydrogen-bond acceptors (Lipinski definition) is 30. The molecule has 0 spiro atoms. The van der Waals surface area contributed by atoms with Gasteiger partial charge in [0, 0.05) is 351 Å². The van der Waals surface area contributed by atoms with Gasteiger partial charge in [-0.3, -0.25) is 62.4 Å². The number of unbranched alkanes of at least 4 members (excludes halogenated alkanes) is 16. The smallest absolute Gasteiger partial charge is 0.221 e. The third-order valence-electron chi connectivity index (χ3n) is 21.7. The van der Waals surface area contributed by atoms with Crippen molar-refractivity contribution in [2.24, 2.45) is 51.7 Å². The first kappa shape index (κ1) is 122. The molecule has 30 N–H and O–H groups in total. The second-order valence-corrected chi connectivity index (χ2v) is 33.0. The minimum atomic E-state index is -0.309. The number of aldehydes is 1. The lowest BCUT2D eigenvalue weighted by Crippen LogP contribution is -2.42. The minimum absolute atomic E-state index is 0.000289. The van der Waals surface area contributed by atoms with Crippen molar-refractivity contribution in [3.8, 4) is 0 Å². The first-order valence-corrected chi connectivity index (χ1v) is 48.5. The summed E-state index contributed by atoms with van der Waals surface area (Å²) in [6.07, 6.45) is 25.5. The molecule has 0 bridgehead atoms. The van der Waals surface area contributed by atoms with Gasteiger partial charge in [0.1, 0.15) is 6.29 Å². The van der Waals surface area contributed by atoms with Crippen LogP contribution in [0.2, 0.25) is 0 Å². The average molecular weight is 1850 g/mol. The first-order chi connectivity index (χ1) is 63.0. The largest absolute Gasteiger partial charge is 0.400 e. The average Bonchev–Trinajstić information content (AvgIpc) is 0.904. The van der Waals surface area contributed by atoms with E-state index in [0.717, 1.165) is 38.4 Å². The predicted octanol–water partition coefficient (Wildman–Crippen LogP) is -4.51. The molecule has 754 valence electrons. The Bertz CT molecular complexity index is 2950. The third-order valence-corrected chi connectivity index (χ3v) is 21.7. The molecule has 42 heteroatoms. The third kappa shape index (κ3) is 78.7. The number of rotatable bonds is 93. The van der Waals surface area contributed by atoms with Crippen LogP contribution in [-0.2, 0) is 62.3 Å². The van der Waals surface area contributed by atoms with Gasteiger partial charge in [0.15, 0.2) is 0 Å². The fourth-order valence-electron chi connectivity index (χ4n) is 14.0. The van der Waals surface area contributed by atoms with Gasteiger partial charge in [-0.25, -0.2) is 5.84 Å². The standard InChI is InChI=1S/C88H179N29O13/c1-2-3-4-5-6-7-8-9-10-11-12-13-14-15-16-18-54-117(97)75-76(96)74-116(66-32-88(130)109-51-72-115(62-28-84(126)105-47-68-111(53-20-73-118)56-22-78(120)99-41-35-91)64-30-86(128)107-49-70-113(59-25-81(123)102-44-38-94)60-26-82(124)103-45-39-95)65-31-87(129)108-50-71-114(61-27-83(125)104-46-67-110(52-19-17-33-89)55-21-77(119)98-40-34-90)63-29-85(127)106-48-69-112(57-23-79(121)100-42-36-92)58-24-80(122)101-43-37-93/h73,75H,2-72,74,89-97H2,1H3,(H,98,119)(H,99,120)(H,100,121)(H,101,122)(H,102,123)(H,103,124)(H,104,125)(H,105,126)(H,106,127)(H,107,128)(H,108,129)(H,109,130)/b76-75-. The van der Waals surface area contributed by atoms with E-state index in [1.54, 1.807) is 11.2 Å². The lowest BCUT2D eigenvalue weighted by Gasteiger charge is -2.25. The molecular weight excluding hydrogens is 1670 g/mol. The Morgan fingerprint density at radius 2 is 0.415 bits per heavy atom. The Hall–Kier alpha value is -7.95. The molecule has 0 aliphatic carbocycles. The molecule has 0 saturated carbocycles. The normalized spacial score (nSPS) is 11.5. The van der Waals surface area contributed by atoms with Crippen LogP contribution in [0.1, 0.15) is 206 Å². The highest BCUT2D eigenvalue weighted by molar-refractivity contribution is 5.80. The fraction of sp³-hybridized carbons (Fsp3) is 0.830. The maximum Gasteiger partial charge on any atom is 0.221 e. The molecule has 0 aliphatic rings. The predicted molar refractivity (Wildman–Crippen MR) is 513 cm³/mol. The number of amides is 12. The van der Waals surface area contributed by atoms with Gasteiger partial charge in [0.25, 0.3) is 0 Å². The monoisotopic (exact) mass is 1850 g/mol. The summed E-state index contributed by atoms with van der Waals surface area (Å²) in [5, 5.41) is 36.0. The summed E-state index contributed by atoms with van der Waals surface area (Å²) in [7, 11) is 0. The summed E-state index contributed by atoms with van der Waals surface area (Å²) < 4.78 is 0. The molecule has 12 amide bonds. The fourth-order valence-corrected chi connectivity index (χ4v) is 14.0. The van der Waals surface area contributed by atoms with E-state index in [1.165, 1.54) is 83.5 Å². The zero-order chi connectivity index (χ0) is 95.9. The van der Waals surface area contributed by atoms with Crippen molar-refractivity contribution >= 4 is 77.2 Å². The summed E-state index contributed by atoms with van der Waals surface area (Å²) in [6.45, 7) is 15.1. The second kappa shape index (κ2) is 87.7. The van der Waals surface area contributed by atoms with E-state index in [0.29, 0.717) is 156 Å². The van der Waals surface area contributed by atoms with Crippen LogP contribution >= 0.6 is 0 Å². The van der Waals surface area contributed by atoms with Crippen LogP contribution in [0.5, 0.6) is 0 Å². The Balaban J connectivity index is 6.80. The lowest BCUT2D eigenvalue weighted by molar-refractivity contribution is -0.123. The van der Waals surface area contributed by atoms with Crippen molar-refractivity contribution in [3.63, 3.8) is 0 Å². The second-order valence-electron chi connectivity index (χ2n) is 33.0. The van der Waals surface area contributed by atoms with Crippen molar-refractivity contribution in [1.29, 1.82) is 0 Å². The Morgan fingerprint density at radius 1 is 0.223 bits per heavy atom. The van der Waals surface area contributed by atoms with Crippen molar-refractivity contribution in [2.45, 2.75) is 206 Å². The Labute approximate surface area is 777 Å². The van der Waals surface area contributed by atoms with Gasteiger partial charge in [-0.1, -0.05) is 103 Å². The van der Waals surface area contributed by atoms with Gasteiger partial charge in [0.05, 0.1) is 0 Å². The maximum absolute atomic E-state index is 14.0. The number of nitrogens with two attached hydrogens (primary N) is 9. The van der Waals surface area contributed by atoms with Crippen LogP contribution < -0.4 is 116 Å². The van der Waals surface area contributed by atoms with Crippen molar-refractivity contribution in [1.82, 2.24) is 103 Å². The minimum Gasteiger partial charge on any atom is -0.400 e. The highest BCUT2D eigenvalue weighted by atomic mass is 16.2. The van der Waals surface area contributed by atoms with E-state index in [1.807, 2.05) is 29.4 Å². The van der Waals surface area contributed by atoms with E-state index in [2.05, 4.69) is 75.6 Å². The number of hydrogen-bond donors (Lipinski definition) is 21. The molecule has 0 radical (unpaired) electrons. The summed E-state index contributed by atoms with van der Waals surface area (Å²) in [5.41, 5.74) is 46.4. The number of nitrogens with zero attached hydrogens (tertiary/aromatic N) is 8. The molecule has 0 atom stereocenters. The summed E-state index contributed by atoms with van der Waals surface area (Å²) in [5.74, 6) is 3.79. The van der Waals surface area contributed by atoms with E-state index in [4.69, 9.17) is 51.7 Å². The number of carbonyl (C=O) groups excluding carboxylic acids is 13. The topological polar surface area (TPSA) is 626 Å². The molecule has 0 saturated heterocycles. The number of hydrazine groups is 1. The van der Waals surface area contributed by atoms with Crippen LogP contribution in [-0.4, -0.2) is 385 Å². The van der Waals surface area contributed by atoms with E-state index in [9.17, 15) is 62.3 Å². The lowest BCUT2D eigenvalue weighted by atomic mass is 10.0. The van der Waals surface area contributed by atoms with Gasteiger partial charge in [-0.05, 0) is 32.4 Å². The Morgan fingerprint density at radius 3 is 0.631 bits per heavy atom. The number of carbonyl (C=O) groups is 13. The highest BCUT2D eigenvalue weighted by Crippen LogP contribution is 2.15. The molecule has 0 aliphatic heterocycles. The molecule has 0 fully saturated rings. The van der Waals surface area contributed by atoms with Crippen LogP contribution in [0, 0.1) is 0 Å². The summed E-state index contributed by atoms with van der Waals surface area (Å²) in [4.78, 5) is 182. The van der Waals surface area contributed by atoms with Crippen molar-refractivity contribution in [2.75, 3.05) is 268 Å². The van der Waals surface area contributed by atoms with E-state index >= 15 is 0 Å². The van der Waals surface area contributed by atoms with Crippen LogP contribution in [0.25, 0.3) is 0 Å².